The van der Waals surface area contributed by atoms with Gasteiger partial charge in [-0.05, 0) is 31.2 Å². The highest BCUT2D eigenvalue weighted by Crippen LogP contribution is 2.23. The third kappa shape index (κ3) is 5.61. The Morgan fingerprint density at radius 1 is 1.30 bits per heavy atom. The van der Waals surface area contributed by atoms with E-state index in [1.807, 2.05) is 24.3 Å². The van der Waals surface area contributed by atoms with Crippen molar-refractivity contribution in [3.8, 4) is 5.75 Å². The highest BCUT2D eigenvalue weighted by molar-refractivity contribution is 7.99. The molecule has 0 aliphatic carbocycles. The van der Waals surface area contributed by atoms with Crippen LogP contribution in [0.25, 0.3) is 0 Å². The molecule has 1 N–H and O–H groups in total. The Hall–Kier alpha value is -1.99. The molecule has 23 heavy (non-hydrogen) atoms. The fraction of sp³-hybridized carbons (Fsp3) is 0.267. The lowest BCUT2D eigenvalue weighted by molar-refractivity contribution is -0.139. The van der Waals surface area contributed by atoms with Crippen LogP contribution in [0.3, 0.4) is 0 Å². The maximum absolute atomic E-state index is 11.4. The third-order valence-electron chi connectivity index (χ3n) is 2.66. The molecule has 0 atom stereocenters. The second-order valence-electron chi connectivity index (χ2n) is 4.31. The van der Waals surface area contributed by atoms with E-state index >= 15 is 0 Å². The quantitative estimate of drug-likeness (QED) is 0.353. The first-order valence-electron chi connectivity index (χ1n) is 6.84. The molecule has 0 saturated heterocycles. The molecule has 0 radical (unpaired) electrons. The number of hydrogen-bond acceptors (Lipinski definition) is 7. The van der Waals surface area contributed by atoms with Gasteiger partial charge >= 0.3 is 5.97 Å². The van der Waals surface area contributed by atoms with E-state index in [4.69, 9.17) is 21.1 Å². The lowest BCUT2D eigenvalue weighted by Crippen LogP contribution is -2.07. The highest BCUT2D eigenvalue weighted by atomic mass is 35.5. The molecule has 0 unspecified atom stereocenters. The van der Waals surface area contributed by atoms with Crippen molar-refractivity contribution in [2.24, 2.45) is 0 Å². The summed E-state index contributed by atoms with van der Waals surface area (Å²) in [5.74, 6) is 1.13. The summed E-state index contributed by atoms with van der Waals surface area (Å²) in [6.07, 6.45) is 0. The van der Waals surface area contributed by atoms with Gasteiger partial charge in [-0.2, -0.15) is 0 Å². The van der Waals surface area contributed by atoms with Crippen LogP contribution < -0.4 is 10.1 Å². The molecule has 1 heterocycles. The number of anilines is 2. The van der Waals surface area contributed by atoms with Gasteiger partial charge in [0.2, 0.25) is 0 Å². The fourth-order valence-electron chi connectivity index (χ4n) is 1.67. The van der Waals surface area contributed by atoms with Gasteiger partial charge < -0.3 is 14.8 Å². The van der Waals surface area contributed by atoms with Gasteiger partial charge in [0.05, 0.1) is 19.5 Å². The second kappa shape index (κ2) is 8.59. The summed E-state index contributed by atoms with van der Waals surface area (Å²) in [4.78, 5) is 19.8. The summed E-state index contributed by atoms with van der Waals surface area (Å²) >= 11 is 7.17. The SMILES string of the molecule is CCOC(=O)CSc1nc(Cl)cc(Nc2ccc(OC)cc2)n1. The van der Waals surface area contributed by atoms with Crippen LogP contribution in [-0.2, 0) is 9.53 Å². The van der Waals surface area contributed by atoms with Gasteiger partial charge in [-0.25, -0.2) is 9.97 Å². The zero-order chi connectivity index (χ0) is 16.7. The van der Waals surface area contributed by atoms with Crippen LogP contribution in [-0.4, -0.2) is 35.4 Å². The number of methoxy groups -OCH3 is 1. The minimum Gasteiger partial charge on any atom is -0.497 e. The molecule has 2 aromatic rings. The first-order chi connectivity index (χ1) is 11.1. The second-order valence-corrected chi connectivity index (χ2v) is 5.64. The summed E-state index contributed by atoms with van der Waals surface area (Å²) in [7, 11) is 1.61. The molecule has 0 aliphatic heterocycles. The monoisotopic (exact) mass is 353 g/mol. The van der Waals surface area contributed by atoms with Crippen LogP contribution in [0.2, 0.25) is 5.15 Å². The van der Waals surface area contributed by atoms with Gasteiger partial charge in [-0.3, -0.25) is 4.79 Å². The number of ether oxygens (including phenoxy) is 2. The van der Waals surface area contributed by atoms with Crippen molar-refractivity contribution in [2.45, 2.75) is 12.1 Å². The fourth-order valence-corrected chi connectivity index (χ4v) is 2.56. The Labute approximate surface area is 143 Å². The molecular formula is C15H16ClN3O3S. The summed E-state index contributed by atoms with van der Waals surface area (Å²) in [5, 5.41) is 3.83. The predicted octanol–water partition coefficient (Wildman–Crippen LogP) is 3.54. The van der Waals surface area contributed by atoms with E-state index in [0.717, 1.165) is 11.4 Å². The normalized spacial score (nSPS) is 10.2. The van der Waals surface area contributed by atoms with Crippen LogP contribution in [0.15, 0.2) is 35.5 Å². The van der Waals surface area contributed by atoms with Gasteiger partial charge in [-0.1, -0.05) is 23.4 Å². The Morgan fingerprint density at radius 2 is 2.04 bits per heavy atom. The molecule has 0 saturated carbocycles. The van der Waals surface area contributed by atoms with Crippen molar-refractivity contribution in [1.29, 1.82) is 0 Å². The highest BCUT2D eigenvalue weighted by Gasteiger charge is 2.08. The molecule has 0 aliphatic rings. The Balaban J connectivity index is 2.05. The number of esters is 1. The van der Waals surface area contributed by atoms with Crippen molar-refractivity contribution in [2.75, 3.05) is 24.8 Å². The predicted molar refractivity (Wildman–Crippen MR) is 90.7 cm³/mol. The minimum atomic E-state index is -0.314. The summed E-state index contributed by atoms with van der Waals surface area (Å²) < 4.78 is 9.98. The van der Waals surface area contributed by atoms with E-state index < -0.39 is 0 Å². The molecule has 0 fully saturated rings. The van der Waals surface area contributed by atoms with Crippen molar-refractivity contribution in [3.63, 3.8) is 0 Å². The topological polar surface area (TPSA) is 73.3 Å². The lowest BCUT2D eigenvalue weighted by atomic mass is 10.3. The zero-order valence-corrected chi connectivity index (χ0v) is 14.3. The first kappa shape index (κ1) is 17.4. The molecule has 6 nitrogen and oxygen atoms in total. The molecular weight excluding hydrogens is 338 g/mol. The standard InChI is InChI=1S/C15H16ClN3O3S/c1-3-22-14(20)9-23-15-18-12(16)8-13(19-15)17-10-4-6-11(21-2)7-5-10/h4-8H,3,9H2,1-2H3,(H,17,18,19). The molecule has 0 bridgehead atoms. The van der Waals surface area contributed by atoms with Gasteiger partial charge in [0.25, 0.3) is 0 Å². The van der Waals surface area contributed by atoms with E-state index in [-0.39, 0.29) is 11.7 Å². The number of halogens is 1. The first-order valence-corrected chi connectivity index (χ1v) is 8.21. The van der Waals surface area contributed by atoms with Crippen molar-refractivity contribution >= 4 is 40.8 Å². The van der Waals surface area contributed by atoms with Crippen molar-refractivity contribution in [3.05, 3.63) is 35.5 Å². The zero-order valence-electron chi connectivity index (χ0n) is 12.7. The number of rotatable bonds is 7. The van der Waals surface area contributed by atoms with E-state index in [2.05, 4.69) is 15.3 Å². The minimum absolute atomic E-state index is 0.135. The van der Waals surface area contributed by atoms with Crippen molar-refractivity contribution < 1.29 is 14.3 Å². The molecule has 1 aromatic carbocycles. The number of aromatic nitrogens is 2. The van der Waals surface area contributed by atoms with Crippen LogP contribution in [0.5, 0.6) is 5.75 Å². The summed E-state index contributed by atoms with van der Waals surface area (Å²) in [6, 6.07) is 9.00. The van der Waals surface area contributed by atoms with E-state index in [1.54, 1.807) is 20.1 Å². The van der Waals surface area contributed by atoms with Crippen LogP contribution in [0, 0.1) is 0 Å². The van der Waals surface area contributed by atoms with Crippen LogP contribution >= 0.6 is 23.4 Å². The van der Waals surface area contributed by atoms with Crippen LogP contribution in [0.4, 0.5) is 11.5 Å². The number of carbonyl (C=O) groups excluding carboxylic acids is 1. The Kier molecular flexibility index (Phi) is 6.49. The third-order valence-corrected chi connectivity index (χ3v) is 3.68. The largest absolute Gasteiger partial charge is 0.497 e. The number of hydrogen-bond donors (Lipinski definition) is 1. The smallest absolute Gasteiger partial charge is 0.316 e. The van der Waals surface area contributed by atoms with E-state index in [1.165, 1.54) is 11.8 Å². The van der Waals surface area contributed by atoms with Gasteiger partial charge in [0.1, 0.15) is 16.7 Å². The number of nitrogens with zero attached hydrogens (tertiary/aromatic N) is 2. The number of thioether (sulfide) groups is 1. The van der Waals surface area contributed by atoms with Gasteiger partial charge in [0.15, 0.2) is 5.16 Å². The lowest BCUT2D eigenvalue weighted by Gasteiger charge is -2.08. The van der Waals surface area contributed by atoms with Gasteiger partial charge in [0, 0.05) is 11.8 Å². The molecule has 2 rings (SSSR count). The van der Waals surface area contributed by atoms with E-state index in [9.17, 15) is 4.79 Å². The molecule has 8 heteroatoms. The van der Waals surface area contributed by atoms with Crippen LogP contribution in [0.1, 0.15) is 6.92 Å². The number of nitrogens with one attached hydrogen (secondary N) is 1. The Morgan fingerprint density at radius 3 is 2.70 bits per heavy atom. The maximum Gasteiger partial charge on any atom is 0.316 e. The maximum atomic E-state index is 11.4. The van der Waals surface area contributed by atoms with Crippen molar-refractivity contribution in [1.82, 2.24) is 9.97 Å². The average molecular weight is 354 g/mol. The number of benzene rings is 1. The molecule has 0 spiro atoms. The average Bonchev–Trinajstić information content (AvgIpc) is 2.53. The van der Waals surface area contributed by atoms with Gasteiger partial charge in [-0.15, -0.1) is 0 Å². The number of carbonyl (C=O) groups is 1. The molecule has 0 amide bonds. The Bertz CT molecular complexity index is 668. The van der Waals surface area contributed by atoms with E-state index in [0.29, 0.717) is 22.7 Å². The summed E-state index contributed by atoms with van der Waals surface area (Å²) in [5.41, 5.74) is 0.835. The summed E-state index contributed by atoms with van der Waals surface area (Å²) in [6.45, 7) is 2.11. The molecule has 1 aromatic heterocycles. The molecule has 122 valence electrons.